The molecule has 4 nitrogen and oxygen atoms in total. The van der Waals surface area contributed by atoms with Gasteiger partial charge in [0.15, 0.2) is 0 Å². The molecule has 4 heteroatoms. The van der Waals surface area contributed by atoms with Crippen LogP contribution in [0, 0.1) is 0 Å². The lowest BCUT2D eigenvalue weighted by Gasteiger charge is -2.16. The van der Waals surface area contributed by atoms with E-state index < -0.39 is 0 Å². The van der Waals surface area contributed by atoms with Gasteiger partial charge in [-0.3, -0.25) is 4.68 Å². The maximum absolute atomic E-state index is 8.74. The fourth-order valence-electron chi connectivity index (χ4n) is 2.11. The number of aryl methyl sites for hydroxylation is 2. The number of aliphatic hydroxyl groups excluding tert-OH is 1. The van der Waals surface area contributed by atoms with Crippen LogP contribution in [-0.2, 0) is 19.5 Å². The van der Waals surface area contributed by atoms with Crippen molar-refractivity contribution in [1.82, 2.24) is 14.7 Å². The summed E-state index contributed by atoms with van der Waals surface area (Å²) in [4.78, 5) is 2.33. The van der Waals surface area contributed by atoms with E-state index in [1.807, 2.05) is 0 Å². The number of aromatic nitrogens is 2. The van der Waals surface area contributed by atoms with Gasteiger partial charge in [0.2, 0.25) is 0 Å². The largest absolute Gasteiger partial charge is 0.396 e. The third kappa shape index (κ3) is 4.78. The molecule has 0 atom stereocenters. The molecule has 1 N–H and O–H groups in total. The first-order chi connectivity index (χ1) is 8.71. The van der Waals surface area contributed by atoms with Gasteiger partial charge in [-0.2, -0.15) is 5.10 Å². The minimum Gasteiger partial charge on any atom is -0.396 e. The van der Waals surface area contributed by atoms with Crippen molar-refractivity contribution in [3.8, 4) is 0 Å². The molecule has 0 aromatic carbocycles. The van der Waals surface area contributed by atoms with E-state index in [9.17, 15) is 0 Å². The first kappa shape index (κ1) is 15.2. The summed E-state index contributed by atoms with van der Waals surface area (Å²) in [7, 11) is 2.15. The molecule has 1 rings (SSSR count). The molecule has 0 radical (unpaired) electrons. The lowest BCUT2D eigenvalue weighted by atomic mass is 10.2. The summed E-state index contributed by atoms with van der Waals surface area (Å²) in [6.45, 7) is 7.57. The van der Waals surface area contributed by atoms with Crippen molar-refractivity contribution in [3.63, 3.8) is 0 Å². The Morgan fingerprint density at radius 3 is 2.67 bits per heavy atom. The average molecular weight is 253 g/mol. The highest BCUT2D eigenvalue weighted by atomic mass is 16.2. The molecule has 0 saturated heterocycles. The Morgan fingerprint density at radius 1 is 1.28 bits per heavy atom. The Bertz CT molecular complexity index is 336. The van der Waals surface area contributed by atoms with Crippen molar-refractivity contribution >= 4 is 0 Å². The molecule has 0 fully saturated rings. The Balaban J connectivity index is 2.42. The first-order valence-corrected chi connectivity index (χ1v) is 7.06. The molecular weight excluding hydrogens is 226 g/mol. The SMILES string of the molecule is CCc1cc(CN(C)CCCCCO)n(CC)n1. The molecule has 1 aromatic rings. The molecular formula is C14H27N3O. The van der Waals surface area contributed by atoms with Gasteiger partial charge >= 0.3 is 0 Å². The van der Waals surface area contributed by atoms with Crippen LogP contribution in [0.3, 0.4) is 0 Å². The van der Waals surface area contributed by atoms with Gasteiger partial charge in [-0.15, -0.1) is 0 Å². The summed E-state index contributed by atoms with van der Waals surface area (Å²) in [6, 6.07) is 2.22. The van der Waals surface area contributed by atoms with E-state index in [1.54, 1.807) is 0 Å². The predicted octanol–water partition coefficient (Wildman–Crippen LogP) is 2.06. The third-order valence-corrected chi connectivity index (χ3v) is 3.21. The Labute approximate surface area is 111 Å². The van der Waals surface area contributed by atoms with Gasteiger partial charge in [-0.25, -0.2) is 0 Å². The van der Waals surface area contributed by atoms with Crippen molar-refractivity contribution in [2.75, 3.05) is 20.2 Å². The van der Waals surface area contributed by atoms with E-state index in [4.69, 9.17) is 5.11 Å². The summed E-state index contributed by atoms with van der Waals surface area (Å²) in [5.74, 6) is 0. The smallest absolute Gasteiger partial charge is 0.0625 e. The van der Waals surface area contributed by atoms with Crippen molar-refractivity contribution in [2.24, 2.45) is 0 Å². The maximum atomic E-state index is 8.74. The van der Waals surface area contributed by atoms with E-state index in [0.717, 1.165) is 45.3 Å². The molecule has 0 amide bonds. The van der Waals surface area contributed by atoms with Gasteiger partial charge in [0.25, 0.3) is 0 Å². The minimum atomic E-state index is 0.312. The molecule has 18 heavy (non-hydrogen) atoms. The number of hydrogen-bond donors (Lipinski definition) is 1. The van der Waals surface area contributed by atoms with Gasteiger partial charge in [-0.1, -0.05) is 6.92 Å². The van der Waals surface area contributed by atoms with E-state index in [-0.39, 0.29) is 0 Å². The number of nitrogens with zero attached hydrogens (tertiary/aromatic N) is 3. The Kier molecular flexibility index (Phi) is 6.98. The molecule has 0 aliphatic rings. The van der Waals surface area contributed by atoms with Crippen LogP contribution in [0.2, 0.25) is 0 Å². The van der Waals surface area contributed by atoms with Gasteiger partial charge in [0, 0.05) is 19.7 Å². The number of aliphatic hydroxyl groups is 1. The highest BCUT2D eigenvalue weighted by Crippen LogP contribution is 2.09. The molecule has 0 unspecified atom stereocenters. The van der Waals surface area contributed by atoms with Crippen LogP contribution in [-0.4, -0.2) is 40.0 Å². The van der Waals surface area contributed by atoms with Crippen molar-refractivity contribution in [1.29, 1.82) is 0 Å². The monoisotopic (exact) mass is 253 g/mol. The number of rotatable bonds is 9. The molecule has 0 bridgehead atoms. The highest BCUT2D eigenvalue weighted by Gasteiger charge is 2.08. The fraction of sp³-hybridized carbons (Fsp3) is 0.786. The molecule has 0 spiro atoms. The van der Waals surface area contributed by atoms with Crippen LogP contribution in [0.15, 0.2) is 6.07 Å². The summed E-state index contributed by atoms with van der Waals surface area (Å²) in [6.07, 6.45) is 4.17. The summed E-state index contributed by atoms with van der Waals surface area (Å²) >= 11 is 0. The van der Waals surface area contributed by atoms with E-state index in [1.165, 1.54) is 11.4 Å². The fourth-order valence-corrected chi connectivity index (χ4v) is 2.11. The van der Waals surface area contributed by atoms with Crippen molar-refractivity contribution < 1.29 is 5.11 Å². The van der Waals surface area contributed by atoms with Gasteiger partial charge in [0.05, 0.1) is 11.4 Å². The zero-order valence-corrected chi connectivity index (χ0v) is 12.0. The standard InChI is InChI=1S/C14H27N3O/c1-4-13-11-14(17(5-2)15-13)12-16(3)9-7-6-8-10-18/h11,18H,4-10,12H2,1-3H3. The van der Waals surface area contributed by atoms with Crippen LogP contribution < -0.4 is 0 Å². The molecule has 1 heterocycles. The van der Waals surface area contributed by atoms with Crippen LogP contribution >= 0.6 is 0 Å². The van der Waals surface area contributed by atoms with E-state index in [2.05, 4.69) is 41.6 Å². The summed E-state index contributed by atoms with van der Waals surface area (Å²) in [5.41, 5.74) is 2.49. The van der Waals surface area contributed by atoms with E-state index in [0.29, 0.717) is 6.61 Å². The van der Waals surface area contributed by atoms with Crippen LogP contribution in [0.1, 0.15) is 44.5 Å². The molecule has 0 aliphatic heterocycles. The second-order valence-electron chi connectivity index (χ2n) is 4.82. The van der Waals surface area contributed by atoms with Crippen LogP contribution in [0.5, 0.6) is 0 Å². The van der Waals surface area contributed by atoms with Crippen LogP contribution in [0.25, 0.3) is 0 Å². The number of unbranched alkanes of at least 4 members (excludes halogenated alkanes) is 2. The minimum absolute atomic E-state index is 0.312. The maximum Gasteiger partial charge on any atom is 0.0625 e. The quantitative estimate of drug-likeness (QED) is 0.685. The highest BCUT2D eigenvalue weighted by molar-refractivity contribution is 5.10. The average Bonchev–Trinajstić information content (AvgIpc) is 2.77. The lowest BCUT2D eigenvalue weighted by molar-refractivity contribution is 0.269. The van der Waals surface area contributed by atoms with E-state index >= 15 is 0 Å². The predicted molar refractivity (Wildman–Crippen MR) is 74.5 cm³/mol. The lowest BCUT2D eigenvalue weighted by Crippen LogP contribution is -2.21. The van der Waals surface area contributed by atoms with Crippen LogP contribution in [0.4, 0.5) is 0 Å². The van der Waals surface area contributed by atoms with Gasteiger partial charge in [0.1, 0.15) is 0 Å². The Hall–Kier alpha value is -0.870. The topological polar surface area (TPSA) is 41.3 Å². The summed E-state index contributed by atoms with van der Waals surface area (Å²) < 4.78 is 2.10. The molecule has 0 saturated carbocycles. The second-order valence-corrected chi connectivity index (χ2v) is 4.82. The molecule has 104 valence electrons. The summed E-state index contributed by atoms with van der Waals surface area (Å²) in [5, 5.41) is 13.3. The molecule has 0 aliphatic carbocycles. The normalized spacial score (nSPS) is 11.4. The zero-order valence-electron chi connectivity index (χ0n) is 12.0. The first-order valence-electron chi connectivity index (χ1n) is 7.06. The van der Waals surface area contributed by atoms with Crippen molar-refractivity contribution in [3.05, 3.63) is 17.5 Å². The van der Waals surface area contributed by atoms with Gasteiger partial charge < -0.3 is 10.0 Å². The third-order valence-electron chi connectivity index (χ3n) is 3.21. The number of hydrogen-bond acceptors (Lipinski definition) is 3. The Morgan fingerprint density at radius 2 is 2.06 bits per heavy atom. The van der Waals surface area contributed by atoms with Crippen molar-refractivity contribution in [2.45, 2.75) is 52.6 Å². The zero-order chi connectivity index (χ0) is 13.4. The second kappa shape index (κ2) is 8.27. The van der Waals surface area contributed by atoms with Gasteiger partial charge in [-0.05, 0) is 52.3 Å². The molecule has 1 aromatic heterocycles.